The maximum Gasteiger partial charge on any atom is 0.227 e. The minimum Gasteiger partial charge on any atom is -0.436 e. The molecule has 0 aliphatic heterocycles. The van der Waals surface area contributed by atoms with Gasteiger partial charge in [0, 0.05) is 43.7 Å². The van der Waals surface area contributed by atoms with Crippen LogP contribution in [0, 0.1) is 0 Å². The molecule has 0 radical (unpaired) electrons. The molecule has 0 saturated carbocycles. The zero-order valence-electron chi connectivity index (χ0n) is 25.8. The zero-order valence-corrected chi connectivity index (χ0v) is 25.8. The molecule has 4 heteroatoms. The minimum absolute atomic E-state index is 0.636. The molecular formula is C44H27N3O. The molecule has 0 atom stereocenters. The number of pyridine rings is 1. The van der Waals surface area contributed by atoms with Crippen molar-refractivity contribution in [3.8, 4) is 39.5 Å². The van der Waals surface area contributed by atoms with Gasteiger partial charge in [0.25, 0.3) is 0 Å². The molecule has 7 aromatic carbocycles. The molecule has 48 heavy (non-hydrogen) atoms. The highest BCUT2D eigenvalue weighted by atomic mass is 16.3. The van der Waals surface area contributed by atoms with Crippen LogP contribution in [0.5, 0.6) is 0 Å². The molecular weight excluding hydrogens is 587 g/mol. The van der Waals surface area contributed by atoms with Crippen molar-refractivity contribution in [3.05, 3.63) is 164 Å². The Balaban J connectivity index is 1.12. The smallest absolute Gasteiger partial charge is 0.227 e. The van der Waals surface area contributed by atoms with E-state index in [1.165, 1.54) is 27.2 Å². The van der Waals surface area contributed by atoms with Crippen LogP contribution in [-0.4, -0.2) is 14.5 Å². The van der Waals surface area contributed by atoms with Crippen molar-refractivity contribution in [3.63, 3.8) is 0 Å². The third kappa shape index (κ3) is 4.10. The quantitative estimate of drug-likeness (QED) is 0.186. The van der Waals surface area contributed by atoms with Crippen molar-refractivity contribution in [1.82, 2.24) is 14.5 Å². The Morgan fingerprint density at radius 2 is 1.04 bits per heavy atom. The first kappa shape index (κ1) is 26.7. The van der Waals surface area contributed by atoms with E-state index in [2.05, 4.69) is 149 Å². The average molecular weight is 614 g/mol. The summed E-state index contributed by atoms with van der Waals surface area (Å²) in [5, 5.41) is 6.04. The van der Waals surface area contributed by atoms with Gasteiger partial charge < -0.3 is 8.98 Å². The van der Waals surface area contributed by atoms with Gasteiger partial charge in [0.05, 0.1) is 22.2 Å². The zero-order chi connectivity index (χ0) is 31.6. The van der Waals surface area contributed by atoms with Crippen molar-refractivity contribution >= 4 is 54.6 Å². The van der Waals surface area contributed by atoms with Crippen molar-refractivity contribution in [1.29, 1.82) is 0 Å². The third-order valence-electron chi connectivity index (χ3n) is 9.43. The lowest BCUT2D eigenvalue weighted by atomic mass is 9.96. The third-order valence-corrected chi connectivity index (χ3v) is 9.43. The molecule has 3 aromatic heterocycles. The van der Waals surface area contributed by atoms with Crippen molar-refractivity contribution in [2.45, 2.75) is 0 Å². The molecule has 0 bridgehead atoms. The lowest BCUT2D eigenvalue weighted by molar-refractivity contribution is 0.620. The Morgan fingerprint density at radius 3 is 1.83 bits per heavy atom. The lowest BCUT2D eigenvalue weighted by Crippen LogP contribution is -1.94. The number of benzene rings is 7. The maximum atomic E-state index is 5.99. The van der Waals surface area contributed by atoms with Crippen LogP contribution in [0.3, 0.4) is 0 Å². The van der Waals surface area contributed by atoms with Gasteiger partial charge in [-0.25, -0.2) is 9.97 Å². The molecule has 0 unspecified atom stereocenters. The summed E-state index contributed by atoms with van der Waals surface area (Å²) >= 11 is 0. The fourth-order valence-electron chi connectivity index (χ4n) is 7.20. The van der Waals surface area contributed by atoms with E-state index < -0.39 is 0 Å². The SMILES string of the molecule is c1ccc(-c2nc3ccccc3c3c2ccc2c3c3ccccc3n2-c2ccc(-c3ccc(-c4nc5ccccc5o4)cc3)cc2)cc1. The van der Waals surface area contributed by atoms with E-state index in [4.69, 9.17) is 9.40 Å². The number of para-hydroxylation sites is 4. The van der Waals surface area contributed by atoms with Crippen molar-refractivity contribution in [2.24, 2.45) is 0 Å². The van der Waals surface area contributed by atoms with Crippen LogP contribution < -0.4 is 0 Å². The molecule has 0 spiro atoms. The van der Waals surface area contributed by atoms with Gasteiger partial charge in [0.1, 0.15) is 5.52 Å². The van der Waals surface area contributed by atoms with E-state index in [9.17, 15) is 0 Å². The van der Waals surface area contributed by atoms with E-state index in [0.717, 1.165) is 61.0 Å². The summed E-state index contributed by atoms with van der Waals surface area (Å²) in [6, 6.07) is 57.4. The first-order valence-electron chi connectivity index (χ1n) is 16.2. The minimum atomic E-state index is 0.636. The standard InChI is InChI=1S/C44H27N3O/c1-2-10-30(11-3-1)43-35-26-27-39-42(41(35)33-12-4-6-14-36(33)45-43)34-13-5-8-16-38(34)47(39)32-24-22-29(23-25-32)28-18-20-31(21-19-28)44-46-37-15-7-9-17-40(37)48-44/h1-27H. The molecule has 0 fully saturated rings. The second-order valence-corrected chi connectivity index (χ2v) is 12.2. The molecule has 0 amide bonds. The van der Waals surface area contributed by atoms with Crippen LogP contribution >= 0.6 is 0 Å². The van der Waals surface area contributed by atoms with Crippen LogP contribution in [-0.2, 0) is 0 Å². The Labute approximate surface area is 276 Å². The molecule has 10 rings (SSSR count). The van der Waals surface area contributed by atoms with Crippen molar-refractivity contribution in [2.75, 3.05) is 0 Å². The Hall–Kier alpha value is -6.52. The van der Waals surface area contributed by atoms with Gasteiger partial charge in [-0.3, -0.25) is 0 Å². The Morgan fingerprint density at radius 1 is 0.396 bits per heavy atom. The molecule has 0 saturated heterocycles. The number of fused-ring (bicyclic) bond motifs is 8. The molecule has 224 valence electrons. The normalized spacial score (nSPS) is 11.8. The van der Waals surface area contributed by atoms with Gasteiger partial charge in [-0.1, -0.05) is 109 Å². The predicted octanol–water partition coefficient (Wildman–Crippen LogP) is 11.6. The lowest BCUT2D eigenvalue weighted by Gasteiger charge is -2.13. The fraction of sp³-hybridized carbons (Fsp3) is 0. The monoisotopic (exact) mass is 613 g/mol. The van der Waals surface area contributed by atoms with Gasteiger partial charge in [-0.15, -0.1) is 0 Å². The maximum absolute atomic E-state index is 5.99. The molecule has 0 aliphatic carbocycles. The molecule has 0 N–H and O–H groups in total. The van der Waals surface area contributed by atoms with E-state index in [1.54, 1.807) is 0 Å². The van der Waals surface area contributed by atoms with E-state index in [0.29, 0.717) is 5.89 Å². The number of aromatic nitrogens is 3. The summed E-state index contributed by atoms with van der Waals surface area (Å²) in [5.74, 6) is 0.636. The first-order valence-corrected chi connectivity index (χ1v) is 16.2. The first-order chi connectivity index (χ1) is 23.8. The Kier molecular flexibility index (Phi) is 5.84. The molecule has 10 aromatic rings. The number of oxazole rings is 1. The van der Waals surface area contributed by atoms with Crippen molar-refractivity contribution < 1.29 is 4.42 Å². The highest BCUT2D eigenvalue weighted by Gasteiger charge is 2.19. The van der Waals surface area contributed by atoms with Gasteiger partial charge in [0.15, 0.2) is 5.58 Å². The number of rotatable bonds is 4. The van der Waals surface area contributed by atoms with Crippen LogP contribution in [0.25, 0.3) is 94.1 Å². The van der Waals surface area contributed by atoms with E-state index in [1.807, 2.05) is 24.3 Å². The topological polar surface area (TPSA) is 43.9 Å². The average Bonchev–Trinajstić information content (AvgIpc) is 3.75. The van der Waals surface area contributed by atoms with E-state index >= 15 is 0 Å². The largest absolute Gasteiger partial charge is 0.436 e. The predicted molar refractivity (Wildman–Crippen MR) is 197 cm³/mol. The second kappa shape index (κ2) is 10.5. The summed E-state index contributed by atoms with van der Waals surface area (Å²) in [7, 11) is 0. The number of hydrogen-bond donors (Lipinski definition) is 0. The van der Waals surface area contributed by atoms with E-state index in [-0.39, 0.29) is 0 Å². The number of nitrogens with zero attached hydrogens (tertiary/aromatic N) is 3. The summed E-state index contributed by atoms with van der Waals surface area (Å²) in [6.07, 6.45) is 0. The summed E-state index contributed by atoms with van der Waals surface area (Å²) < 4.78 is 8.38. The number of hydrogen-bond acceptors (Lipinski definition) is 3. The highest BCUT2D eigenvalue weighted by Crippen LogP contribution is 2.42. The highest BCUT2D eigenvalue weighted by molar-refractivity contribution is 6.29. The van der Waals surface area contributed by atoms with Gasteiger partial charge >= 0.3 is 0 Å². The van der Waals surface area contributed by atoms with Gasteiger partial charge in [-0.2, -0.15) is 0 Å². The molecule has 4 nitrogen and oxygen atoms in total. The molecule has 0 aliphatic rings. The summed E-state index contributed by atoms with van der Waals surface area (Å²) in [6.45, 7) is 0. The summed E-state index contributed by atoms with van der Waals surface area (Å²) in [5.41, 5.74) is 11.5. The fourth-order valence-corrected chi connectivity index (χ4v) is 7.20. The van der Waals surface area contributed by atoms with Crippen LogP contribution in [0.15, 0.2) is 168 Å². The van der Waals surface area contributed by atoms with Crippen LogP contribution in [0.2, 0.25) is 0 Å². The van der Waals surface area contributed by atoms with Gasteiger partial charge in [-0.05, 0) is 65.7 Å². The van der Waals surface area contributed by atoms with Crippen LogP contribution in [0.1, 0.15) is 0 Å². The Bertz CT molecular complexity index is 2780. The van der Waals surface area contributed by atoms with Gasteiger partial charge in [0.2, 0.25) is 5.89 Å². The molecule has 3 heterocycles. The second-order valence-electron chi connectivity index (χ2n) is 12.2. The summed E-state index contributed by atoms with van der Waals surface area (Å²) in [4.78, 5) is 9.84. The van der Waals surface area contributed by atoms with Crippen LogP contribution in [0.4, 0.5) is 0 Å².